The Morgan fingerprint density at radius 3 is 2.46 bits per heavy atom. The number of hydrogen-bond acceptors (Lipinski definition) is 6. The van der Waals surface area contributed by atoms with E-state index in [4.69, 9.17) is 9.47 Å². The number of esters is 2. The number of nitrogens with one attached hydrogen (secondary N) is 1. The zero-order valence-electron chi connectivity index (χ0n) is 14.7. The molecule has 6 nitrogen and oxygen atoms in total. The Bertz CT molecular complexity index is 839. The van der Waals surface area contributed by atoms with Gasteiger partial charge in [-0.15, -0.1) is 11.3 Å². The molecule has 0 saturated heterocycles. The van der Waals surface area contributed by atoms with Crippen LogP contribution in [0.1, 0.15) is 38.1 Å². The number of anilines is 1. The lowest BCUT2D eigenvalue weighted by molar-refractivity contribution is -0.111. The molecule has 2 aromatic rings. The number of carbonyl (C=O) groups excluding carboxylic acids is 3. The van der Waals surface area contributed by atoms with E-state index in [2.05, 4.69) is 5.32 Å². The summed E-state index contributed by atoms with van der Waals surface area (Å²) in [6.45, 7) is 3.48. The molecule has 0 bridgehead atoms. The van der Waals surface area contributed by atoms with Crippen LogP contribution in [0.15, 0.2) is 36.4 Å². The van der Waals surface area contributed by atoms with Gasteiger partial charge in [0.05, 0.1) is 19.3 Å². The second-order valence-corrected chi connectivity index (χ2v) is 6.23. The van der Waals surface area contributed by atoms with E-state index in [9.17, 15) is 14.4 Å². The number of carbonyl (C=O) groups is 3. The van der Waals surface area contributed by atoms with Gasteiger partial charge < -0.3 is 14.8 Å². The zero-order valence-corrected chi connectivity index (χ0v) is 15.5. The van der Waals surface area contributed by atoms with Crippen LogP contribution >= 0.6 is 11.3 Å². The average molecular weight is 373 g/mol. The molecule has 0 saturated carbocycles. The average Bonchev–Trinajstić information content (AvgIpc) is 2.96. The molecule has 1 aromatic carbocycles. The van der Waals surface area contributed by atoms with Crippen molar-refractivity contribution in [2.75, 3.05) is 19.0 Å². The van der Waals surface area contributed by atoms with Crippen molar-refractivity contribution in [1.82, 2.24) is 0 Å². The highest BCUT2D eigenvalue weighted by Crippen LogP contribution is 2.34. The minimum Gasteiger partial charge on any atom is -0.465 e. The maximum Gasteiger partial charge on any atom is 0.348 e. The van der Waals surface area contributed by atoms with Gasteiger partial charge in [-0.05, 0) is 31.1 Å². The highest BCUT2D eigenvalue weighted by atomic mass is 32.1. The molecular formula is C19H19NO5S. The molecule has 26 heavy (non-hydrogen) atoms. The van der Waals surface area contributed by atoms with Crippen LogP contribution in [0.2, 0.25) is 0 Å². The van der Waals surface area contributed by atoms with Crippen LogP contribution in [0.3, 0.4) is 0 Å². The van der Waals surface area contributed by atoms with Gasteiger partial charge in [-0.1, -0.05) is 30.3 Å². The number of benzene rings is 1. The molecule has 0 radical (unpaired) electrons. The predicted octanol–water partition coefficient (Wildman–Crippen LogP) is 3.67. The van der Waals surface area contributed by atoms with Gasteiger partial charge in [-0.25, -0.2) is 9.59 Å². The number of amides is 1. The van der Waals surface area contributed by atoms with Crippen LogP contribution in [0, 0.1) is 6.92 Å². The topological polar surface area (TPSA) is 81.7 Å². The molecule has 2 rings (SSSR count). The van der Waals surface area contributed by atoms with Crippen LogP contribution in [-0.4, -0.2) is 31.6 Å². The minimum absolute atomic E-state index is 0.165. The van der Waals surface area contributed by atoms with Gasteiger partial charge in [0.25, 0.3) is 0 Å². The Hall–Kier alpha value is -2.93. The third kappa shape index (κ3) is 4.58. The van der Waals surface area contributed by atoms with Crippen LogP contribution < -0.4 is 5.32 Å². The molecule has 1 heterocycles. The first kappa shape index (κ1) is 19.4. The fraction of sp³-hybridized carbons (Fsp3) is 0.211. The van der Waals surface area contributed by atoms with E-state index in [0.29, 0.717) is 5.56 Å². The van der Waals surface area contributed by atoms with Gasteiger partial charge >= 0.3 is 11.9 Å². The lowest BCUT2D eigenvalue weighted by atomic mass is 10.1. The maximum atomic E-state index is 12.2. The summed E-state index contributed by atoms with van der Waals surface area (Å²) in [5.74, 6) is -1.59. The lowest BCUT2D eigenvalue weighted by Gasteiger charge is -2.05. The summed E-state index contributed by atoms with van der Waals surface area (Å²) in [6.07, 6.45) is 3.01. The van der Waals surface area contributed by atoms with Crippen molar-refractivity contribution < 1.29 is 23.9 Å². The SMILES string of the molecule is CCOC(=O)c1c(NC(=O)C=Cc2ccccc2)sc(C(=O)OC)c1C. The van der Waals surface area contributed by atoms with Crippen molar-refractivity contribution in [2.45, 2.75) is 13.8 Å². The quantitative estimate of drug-likeness (QED) is 0.617. The van der Waals surface area contributed by atoms with E-state index in [1.807, 2.05) is 30.3 Å². The molecule has 0 aliphatic carbocycles. The van der Waals surface area contributed by atoms with E-state index in [0.717, 1.165) is 16.9 Å². The molecule has 1 amide bonds. The van der Waals surface area contributed by atoms with Crippen LogP contribution in [-0.2, 0) is 14.3 Å². The molecule has 0 fully saturated rings. The number of methoxy groups -OCH3 is 1. The van der Waals surface area contributed by atoms with Crippen molar-refractivity contribution in [1.29, 1.82) is 0 Å². The number of rotatable bonds is 6. The standard InChI is InChI=1S/C19H19NO5S/c1-4-25-18(22)15-12(2)16(19(23)24-3)26-17(15)20-14(21)11-10-13-8-6-5-7-9-13/h5-11H,4H2,1-3H3,(H,20,21). The molecule has 1 N–H and O–H groups in total. The largest absolute Gasteiger partial charge is 0.465 e. The van der Waals surface area contributed by atoms with E-state index in [1.165, 1.54) is 13.2 Å². The van der Waals surface area contributed by atoms with E-state index in [1.54, 1.807) is 19.9 Å². The van der Waals surface area contributed by atoms with Gasteiger partial charge in [0.2, 0.25) is 5.91 Å². The Morgan fingerprint density at radius 2 is 1.85 bits per heavy atom. The number of thiophene rings is 1. The lowest BCUT2D eigenvalue weighted by Crippen LogP contribution is -2.12. The molecule has 136 valence electrons. The summed E-state index contributed by atoms with van der Waals surface area (Å²) >= 11 is 0.982. The fourth-order valence-electron chi connectivity index (χ4n) is 2.23. The molecule has 7 heteroatoms. The normalized spacial score (nSPS) is 10.6. The predicted molar refractivity (Wildman–Crippen MR) is 100 cm³/mol. The van der Waals surface area contributed by atoms with Crippen molar-refractivity contribution in [3.05, 3.63) is 58.0 Å². The molecule has 0 aliphatic heterocycles. The fourth-order valence-corrected chi connectivity index (χ4v) is 3.34. The first-order valence-corrected chi connectivity index (χ1v) is 8.72. The second-order valence-electron chi connectivity index (χ2n) is 5.21. The van der Waals surface area contributed by atoms with Gasteiger partial charge in [0.15, 0.2) is 0 Å². The second kappa shape index (κ2) is 8.96. The maximum absolute atomic E-state index is 12.2. The summed E-state index contributed by atoms with van der Waals surface area (Å²) in [4.78, 5) is 36.6. The summed E-state index contributed by atoms with van der Waals surface area (Å²) in [6, 6.07) is 9.33. The summed E-state index contributed by atoms with van der Waals surface area (Å²) in [7, 11) is 1.26. The Labute approximate surface area is 155 Å². The van der Waals surface area contributed by atoms with Crippen LogP contribution in [0.25, 0.3) is 6.08 Å². The Kier molecular flexibility index (Phi) is 6.68. The summed E-state index contributed by atoms with van der Waals surface area (Å²) in [5, 5.41) is 2.90. The van der Waals surface area contributed by atoms with E-state index in [-0.39, 0.29) is 22.0 Å². The Morgan fingerprint density at radius 1 is 1.15 bits per heavy atom. The Balaban J connectivity index is 2.29. The molecular weight excluding hydrogens is 354 g/mol. The third-order valence-corrected chi connectivity index (χ3v) is 4.65. The van der Waals surface area contributed by atoms with Gasteiger partial charge in [-0.3, -0.25) is 4.79 Å². The van der Waals surface area contributed by atoms with Crippen molar-refractivity contribution in [2.24, 2.45) is 0 Å². The van der Waals surface area contributed by atoms with Crippen molar-refractivity contribution in [3.63, 3.8) is 0 Å². The van der Waals surface area contributed by atoms with E-state index < -0.39 is 17.8 Å². The summed E-state index contributed by atoms with van der Waals surface area (Å²) < 4.78 is 9.76. The first-order valence-electron chi connectivity index (χ1n) is 7.90. The van der Waals surface area contributed by atoms with Crippen molar-refractivity contribution >= 4 is 40.3 Å². The van der Waals surface area contributed by atoms with Crippen LogP contribution in [0.5, 0.6) is 0 Å². The molecule has 1 aromatic heterocycles. The highest BCUT2D eigenvalue weighted by Gasteiger charge is 2.26. The van der Waals surface area contributed by atoms with Gasteiger partial charge in [-0.2, -0.15) is 0 Å². The van der Waals surface area contributed by atoms with Crippen LogP contribution in [0.4, 0.5) is 5.00 Å². The zero-order chi connectivity index (χ0) is 19.1. The minimum atomic E-state index is -0.598. The van der Waals surface area contributed by atoms with E-state index >= 15 is 0 Å². The number of hydrogen-bond donors (Lipinski definition) is 1. The molecule has 0 unspecified atom stereocenters. The molecule has 0 aliphatic rings. The first-order chi connectivity index (χ1) is 12.5. The van der Waals surface area contributed by atoms with Crippen molar-refractivity contribution in [3.8, 4) is 0 Å². The summed E-state index contributed by atoms with van der Waals surface area (Å²) in [5.41, 5.74) is 1.45. The number of ether oxygens (including phenoxy) is 2. The molecule has 0 spiro atoms. The van der Waals surface area contributed by atoms with Gasteiger partial charge in [0.1, 0.15) is 9.88 Å². The third-order valence-electron chi connectivity index (χ3n) is 3.46. The van der Waals surface area contributed by atoms with Gasteiger partial charge in [0, 0.05) is 6.08 Å². The highest BCUT2D eigenvalue weighted by molar-refractivity contribution is 7.18. The monoisotopic (exact) mass is 373 g/mol. The smallest absolute Gasteiger partial charge is 0.348 e. The molecule has 0 atom stereocenters.